The van der Waals surface area contributed by atoms with E-state index in [0.717, 1.165) is 17.0 Å². The topological polar surface area (TPSA) is 69.9 Å². The standard InChI is InChI=1S/C22H19FN4OS/c1-16-14-19(17-8-3-2-4-9-17)26-22(25-16)29-15-21(28)27(13-7-12-24)20-11-6-5-10-18(20)23/h2-6,8-11,14H,7,13,15H2,1H3. The van der Waals surface area contributed by atoms with Crippen molar-refractivity contribution in [2.24, 2.45) is 0 Å². The molecule has 5 nitrogen and oxygen atoms in total. The van der Waals surface area contributed by atoms with Crippen LogP contribution in [0.3, 0.4) is 0 Å². The number of nitrogens with zero attached hydrogens (tertiary/aromatic N) is 4. The van der Waals surface area contributed by atoms with Crippen molar-refractivity contribution in [3.8, 4) is 17.3 Å². The zero-order valence-electron chi connectivity index (χ0n) is 15.9. The summed E-state index contributed by atoms with van der Waals surface area (Å²) in [4.78, 5) is 23.0. The number of amides is 1. The molecule has 1 amide bonds. The average molecular weight is 406 g/mol. The molecule has 0 aliphatic carbocycles. The largest absolute Gasteiger partial charge is 0.308 e. The molecule has 7 heteroatoms. The molecule has 146 valence electrons. The third-order valence-electron chi connectivity index (χ3n) is 4.12. The van der Waals surface area contributed by atoms with Crippen LogP contribution in [-0.4, -0.2) is 28.2 Å². The molecule has 0 bridgehead atoms. The van der Waals surface area contributed by atoms with Gasteiger partial charge >= 0.3 is 0 Å². The van der Waals surface area contributed by atoms with Gasteiger partial charge in [0, 0.05) is 17.8 Å². The first kappa shape index (κ1) is 20.5. The third-order valence-corrected chi connectivity index (χ3v) is 4.95. The summed E-state index contributed by atoms with van der Waals surface area (Å²) >= 11 is 1.20. The lowest BCUT2D eigenvalue weighted by molar-refractivity contribution is -0.116. The second kappa shape index (κ2) is 9.80. The SMILES string of the molecule is Cc1cc(-c2ccccc2)nc(SCC(=O)N(CCC#N)c2ccccc2F)n1. The van der Waals surface area contributed by atoms with Crippen LogP contribution >= 0.6 is 11.8 Å². The van der Waals surface area contributed by atoms with Crippen molar-refractivity contribution < 1.29 is 9.18 Å². The summed E-state index contributed by atoms with van der Waals surface area (Å²) < 4.78 is 14.2. The number of carbonyl (C=O) groups is 1. The second-order valence-electron chi connectivity index (χ2n) is 6.24. The van der Waals surface area contributed by atoms with E-state index < -0.39 is 5.82 Å². The van der Waals surface area contributed by atoms with Gasteiger partial charge in [-0.3, -0.25) is 4.79 Å². The highest BCUT2D eigenvalue weighted by Crippen LogP contribution is 2.24. The molecule has 0 N–H and O–H groups in total. The lowest BCUT2D eigenvalue weighted by atomic mass is 10.1. The van der Waals surface area contributed by atoms with Crippen LogP contribution in [0.25, 0.3) is 11.3 Å². The van der Waals surface area contributed by atoms with E-state index in [1.54, 1.807) is 12.1 Å². The van der Waals surface area contributed by atoms with E-state index in [4.69, 9.17) is 5.26 Å². The van der Waals surface area contributed by atoms with Gasteiger partial charge in [-0.15, -0.1) is 0 Å². The Labute approximate surface area is 173 Å². The minimum absolute atomic E-state index is 0.0391. The van der Waals surface area contributed by atoms with Crippen LogP contribution in [0.5, 0.6) is 0 Å². The van der Waals surface area contributed by atoms with Crippen LogP contribution in [-0.2, 0) is 4.79 Å². The zero-order chi connectivity index (χ0) is 20.6. The Bertz CT molecular complexity index is 1040. The maximum atomic E-state index is 14.2. The Morgan fingerprint density at radius 3 is 2.59 bits per heavy atom. The maximum Gasteiger partial charge on any atom is 0.237 e. The number of carbonyl (C=O) groups excluding carboxylic acids is 1. The predicted octanol–water partition coefficient (Wildman–Crippen LogP) is 4.63. The van der Waals surface area contributed by atoms with Crippen molar-refractivity contribution in [1.82, 2.24) is 9.97 Å². The lowest BCUT2D eigenvalue weighted by Crippen LogP contribution is -2.34. The number of nitriles is 1. The minimum atomic E-state index is -0.498. The van der Waals surface area contributed by atoms with Crippen molar-refractivity contribution in [3.05, 3.63) is 72.2 Å². The van der Waals surface area contributed by atoms with Crippen molar-refractivity contribution in [2.75, 3.05) is 17.2 Å². The number of aromatic nitrogens is 2. The molecule has 0 unspecified atom stereocenters. The van der Waals surface area contributed by atoms with E-state index in [9.17, 15) is 9.18 Å². The van der Waals surface area contributed by atoms with Crippen LogP contribution in [0.4, 0.5) is 10.1 Å². The lowest BCUT2D eigenvalue weighted by Gasteiger charge is -2.22. The van der Waals surface area contributed by atoms with E-state index >= 15 is 0 Å². The molecule has 0 aliphatic rings. The molecule has 1 heterocycles. The van der Waals surface area contributed by atoms with E-state index in [1.807, 2.05) is 49.4 Å². The molecule has 0 aliphatic heterocycles. The minimum Gasteiger partial charge on any atom is -0.308 e. The highest BCUT2D eigenvalue weighted by Gasteiger charge is 2.19. The van der Waals surface area contributed by atoms with Gasteiger partial charge in [-0.05, 0) is 25.1 Å². The first-order valence-electron chi connectivity index (χ1n) is 9.04. The van der Waals surface area contributed by atoms with Gasteiger partial charge in [-0.1, -0.05) is 54.2 Å². The molecular formula is C22H19FN4OS. The van der Waals surface area contributed by atoms with Gasteiger partial charge in [0.05, 0.1) is 29.6 Å². The molecule has 0 radical (unpaired) electrons. The summed E-state index contributed by atoms with van der Waals surface area (Å²) in [7, 11) is 0. The first-order valence-corrected chi connectivity index (χ1v) is 10.0. The molecule has 0 spiro atoms. The number of thioether (sulfide) groups is 1. The molecule has 1 aromatic heterocycles. The van der Waals surface area contributed by atoms with Crippen molar-refractivity contribution in [3.63, 3.8) is 0 Å². The fourth-order valence-electron chi connectivity index (χ4n) is 2.78. The Morgan fingerprint density at radius 1 is 1.14 bits per heavy atom. The van der Waals surface area contributed by atoms with Gasteiger partial charge in [0.1, 0.15) is 5.82 Å². The smallest absolute Gasteiger partial charge is 0.237 e. The number of halogens is 1. The van der Waals surface area contributed by atoms with Crippen LogP contribution in [0.2, 0.25) is 0 Å². The van der Waals surface area contributed by atoms with Crippen molar-refractivity contribution >= 4 is 23.4 Å². The summed E-state index contributed by atoms with van der Waals surface area (Å²) in [6.07, 6.45) is 0.115. The van der Waals surface area contributed by atoms with Gasteiger partial charge < -0.3 is 4.90 Å². The monoisotopic (exact) mass is 406 g/mol. The molecule has 0 saturated heterocycles. The number of aryl methyl sites for hydroxylation is 1. The van der Waals surface area contributed by atoms with Crippen LogP contribution in [0.15, 0.2) is 65.8 Å². The number of rotatable bonds is 7. The van der Waals surface area contributed by atoms with Gasteiger partial charge in [0.25, 0.3) is 0 Å². The Balaban J connectivity index is 1.77. The fraction of sp³-hybridized carbons (Fsp3) is 0.182. The second-order valence-corrected chi connectivity index (χ2v) is 7.18. The van der Waals surface area contributed by atoms with Crippen LogP contribution < -0.4 is 4.90 Å². The normalized spacial score (nSPS) is 10.4. The number of para-hydroxylation sites is 1. The molecular weight excluding hydrogens is 387 g/mol. The highest BCUT2D eigenvalue weighted by atomic mass is 32.2. The van der Waals surface area contributed by atoms with Gasteiger partial charge in [0.15, 0.2) is 5.16 Å². The predicted molar refractivity (Wildman–Crippen MR) is 112 cm³/mol. The number of hydrogen-bond donors (Lipinski definition) is 0. The summed E-state index contributed by atoms with van der Waals surface area (Å²) in [6.45, 7) is 2.00. The molecule has 3 aromatic rings. The third kappa shape index (κ3) is 5.39. The fourth-order valence-corrected chi connectivity index (χ4v) is 3.56. The molecule has 29 heavy (non-hydrogen) atoms. The van der Waals surface area contributed by atoms with E-state index in [1.165, 1.54) is 28.8 Å². The molecule has 0 fully saturated rings. The molecule has 2 aromatic carbocycles. The van der Waals surface area contributed by atoms with E-state index in [0.29, 0.717) is 5.16 Å². The zero-order valence-corrected chi connectivity index (χ0v) is 16.7. The first-order chi connectivity index (χ1) is 14.1. The Morgan fingerprint density at radius 2 is 1.86 bits per heavy atom. The summed E-state index contributed by atoms with van der Waals surface area (Å²) in [5.74, 6) is -0.763. The molecule has 0 atom stereocenters. The summed E-state index contributed by atoms with van der Waals surface area (Å²) in [6, 6.07) is 19.7. The maximum absolute atomic E-state index is 14.2. The highest BCUT2D eigenvalue weighted by molar-refractivity contribution is 7.99. The van der Waals surface area contributed by atoms with Crippen molar-refractivity contribution in [2.45, 2.75) is 18.5 Å². The number of anilines is 1. The van der Waals surface area contributed by atoms with E-state index in [2.05, 4.69) is 9.97 Å². The number of hydrogen-bond acceptors (Lipinski definition) is 5. The van der Waals surface area contributed by atoms with Crippen LogP contribution in [0, 0.1) is 24.1 Å². The quantitative estimate of drug-likeness (QED) is 0.423. The summed E-state index contributed by atoms with van der Waals surface area (Å²) in [5, 5.41) is 9.36. The Hall–Kier alpha value is -3.24. The van der Waals surface area contributed by atoms with Crippen LogP contribution in [0.1, 0.15) is 12.1 Å². The molecule has 3 rings (SSSR count). The van der Waals surface area contributed by atoms with E-state index in [-0.39, 0.29) is 30.3 Å². The number of benzene rings is 2. The Kier molecular flexibility index (Phi) is 6.93. The van der Waals surface area contributed by atoms with Gasteiger partial charge in [-0.2, -0.15) is 5.26 Å². The molecule has 0 saturated carbocycles. The van der Waals surface area contributed by atoms with Gasteiger partial charge in [0.2, 0.25) is 5.91 Å². The van der Waals surface area contributed by atoms with Gasteiger partial charge in [-0.25, -0.2) is 14.4 Å². The summed E-state index contributed by atoms with van der Waals surface area (Å²) in [5.41, 5.74) is 2.71. The average Bonchev–Trinajstić information content (AvgIpc) is 2.74. The van der Waals surface area contributed by atoms with Crippen molar-refractivity contribution in [1.29, 1.82) is 5.26 Å².